The highest BCUT2D eigenvalue weighted by atomic mass is 16.6. The van der Waals surface area contributed by atoms with Crippen molar-refractivity contribution in [2.24, 2.45) is 0 Å². The zero-order valence-corrected chi connectivity index (χ0v) is 18.2. The quantitative estimate of drug-likeness (QED) is 0.653. The van der Waals surface area contributed by atoms with Gasteiger partial charge in [-0.15, -0.1) is 0 Å². The molecule has 1 amide bonds. The molecule has 0 atom stereocenters. The molecule has 3 heterocycles. The van der Waals surface area contributed by atoms with Gasteiger partial charge in [-0.05, 0) is 38.8 Å². The summed E-state index contributed by atoms with van der Waals surface area (Å²) < 4.78 is 2.00. The standard InChI is InChI=1S/C22H32N6O3/c1-31-26-21(30)18-15-28(16-8-4-2-5-9-16)20-17(19(18)29)14-24-22(25-20)23-10-13-27-11-6-3-7-12-27/h14-16H,2-13H2,1H3,(H,26,30)(H,23,24,25). The second kappa shape index (κ2) is 10.2. The van der Waals surface area contributed by atoms with E-state index >= 15 is 0 Å². The maximum absolute atomic E-state index is 13.0. The molecule has 2 aromatic heterocycles. The lowest BCUT2D eigenvalue weighted by Crippen LogP contribution is -2.34. The van der Waals surface area contributed by atoms with E-state index in [1.54, 1.807) is 6.20 Å². The van der Waals surface area contributed by atoms with Gasteiger partial charge < -0.3 is 14.8 Å². The summed E-state index contributed by atoms with van der Waals surface area (Å²) in [6.45, 7) is 4.00. The number of carbonyl (C=O) groups is 1. The molecule has 31 heavy (non-hydrogen) atoms. The number of nitrogens with one attached hydrogen (secondary N) is 2. The molecule has 1 aliphatic heterocycles. The lowest BCUT2D eigenvalue weighted by molar-refractivity contribution is 0.0535. The third-order valence-electron chi connectivity index (χ3n) is 6.34. The Morgan fingerprint density at radius 2 is 1.90 bits per heavy atom. The maximum atomic E-state index is 13.0. The predicted octanol–water partition coefficient (Wildman–Crippen LogP) is 2.49. The van der Waals surface area contributed by atoms with Crippen LogP contribution in [-0.2, 0) is 4.84 Å². The summed E-state index contributed by atoms with van der Waals surface area (Å²) in [6.07, 6.45) is 12.5. The molecule has 2 fully saturated rings. The van der Waals surface area contributed by atoms with E-state index in [1.165, 1.54) is 39.0 Å². The Kier molecular flexibility index (Phi) is 7.14. The molecule has 2 aliphatic rings. The summed E-state index contributed by atoms with van der Waals surface area (Å²) in [4.78, 5) is 41.6. The van der Waals surface area contributed by atoms with E-state index in [0.29, 0.717) is 17.0 Å². The molecule has 1 saturated heterocycles. The van der Waals surface area contributed by atoms with Gasteiger partial charge in [0.25, 0.3) is 5.91 Å². The topological polar surface area (TPSA) is 101 Å². The molecule has 0 radical (unpaired) electrons. The highest BCUT2D eigenvalue weighted by Gasteiger charge is 2.22. The van der Waals surface area contributed by atoms with Crippen molar-refractivity contribution in [3.05, 3.63) is 28.2 Å². The number of hydrogen-bond donors (Lipinski definition) is 2. The van der Waals surface area contributed by atoms with Crippen LogP contribution in [0.2, 0.25) is 0 Å². The van der Waals surface area contributed by atoms with E-state index in [-0.39, 0.29) is 17.0 Å². The van der Waals surface area contributed by atoms with Gasteiger partial charge in [0.1, 0.15) is 11.2 Å². The molecule has 0 bridgehead atoms. The molecule has 4 rings (SSSR count). The van der Waals surface area contributed by atoms with Crippen LogP contribution in [0.3, 0.4) is 0 Å². The summed E-state index contributed by atoms with van der Waals surface area (Å²) in [7, 11) is 1.35. The molecule has 0 aromatic carbocycles. The van der Waals surface area contributed by atoms with Crippen molar-refractivity contribution in [2.75, 3.05) is 38.6 Å². The van der Waals surface area contributed by atoms with Gasteiger partial charge in [-0.2, -0.15) is 4.98 Å². The number of amides is 1. The molecule has 9 nitrogen and oxygen atoms in total. The Hall–Kier alpha value is -2.52. The molecular formula is C22H32N6O3. The summed E-state index contributed by atoms with van der Waals surface area (Å²) in [6, 6.07) is 0.210. The normalized spacial score (nSPS) is 18.2. The summed E-state index contributed by atoms with van der Waals surface area (Å²) in [5, 5.41) is 3.67. The number of hydrogen-bond acceptors (Lipinski definition) is 7. The average molecular weight is 429 g/mol. The van der Waals surface area contributed by atoms with Crippen LogP contribution < -0.4 is 16.2 Å². The van der Waals surface area contributed by atoms with Crippen LogP contribution >= 0.6 is 0 Å². The number of likely N-dealkylation sites (tertiary alicyclic amines) is 1. The SMILES string of the molecule is CONC(=O)c1cn(C2CCCCC2)c2nc(NCCN3CCCCC3)ncc2c1=O. The summed E-state index contributed by atoms with van der Waals surface area (Å²) >= 11 is 0. The number of anilines is 1. The van der Waals surface area contributed by atoms with Gasteiger partial charge in [0.05, 0.1) is 12.5 Å². The zero-order chi connectivity index (χ0) is 21.6. The maximum Gasteiger partial charge on any atom is 0.280 e. The van der Waals surface area contributed by atoms with E-state index in [4.69, 9.17) is 9.82 Å². The highest BCUT2D eigenvalue weighted by Crippen LogP contribution is 2.30. The minimum Gasteiger partial charge on any atom is -0.353 e. The van der Waals surface area contributed by atoms with Crippen LogP contribution in [0, 0.1) is 0 Å². The number of carbonyl (C=O) groups excluding carboxylic acids is 1. The third-order valence-corrected chi connectivity index (χ3v) is 6.34. The Morgan fingerprint density at radius 1 is 1.16 bits per heavy atom. The summed E-state index contributed by atoms with van der Waals surface area (Å²) in [5.74, 6) is -0.0368. The fourth-order valence-corrected chi connectivity index (χ4v) is 4.67. The van der Waals surface area contributed by atoms with Crippen LogP contribution in [-0.4, -0.2) is 58.6 Å². The fourth-order valence-electron chi connectivity index (χ4n) is 4.67. The zero-order valence-electron chi connectivity index (χ0n) is 18.2. The van der Waals surface area contributed by atoms with Crippen molar-refractivity contribution in [1.29, 1.82) is 0 Å². The Labute approximate surface area is 182 Å². The van der Waals surface area contributed by atoms with Crippen molar-refractivity contribution in [2.45, 2.75) is 57.4 Å². The van der Waals surface area contributed by atoms with Gasteiger partial charge in [-0.3, -0.25) is 14.4 Å². The largest absolute Gasteiger partial charge is 0.353 e. The van der Waals surface area contributed by atoms with Crippen LogP contribution in [0.15, 0.2) is 17.2 Å². The lowest BCUT2D eigenvalue weighted by atomic mass is 9.95. The van der Waals surface area contributed by atoms with E-state index in [2.05, 4.69) is 20.7 Å². The number of hydroxylamine groups is 1. The van der Waals surface area contributed by atoms with Crippen molar-refractivity contribution >= 4 is 22.9 Å². The number of pyridine rings is 1. The van der Waals surface area contributed by atoms with Gasteiger partial charge in [0.2, 0.25) is 11.4 Å². The van der Waals surface area contributed by atoms with Crippen LogP contribution in [0.4, 0.5) is 5.95 Å². The van der Waals surface area contributed by atoms with Crippen molar-refractivity contribution in [3.8, 4) is 0 Å². The van der Waals surface area contributed by atoms with Gasteiger partial charge in [0.15, 0.2) is 0 Å². The van der Waals surface area contributed by atoms with Crippen molar-refractivity contribution in [3.63, 3.8) is 0 Å². The summed E-state index contributed by atoms with van der Waals surface area (Å²) in [5.41, 5.74) is 2.51. The van der Waals surface area contributed by atoms with Gasteiger partial charge in [-0.25, -0.2) is 10.5 Å². The Morgan fingerprint density at radius 3 is 2.65 bits per heavy atom. The van der Waals surface area contributed by atoms with Gasteiger partial charge in [0, 0.05) is 31.5 Å². The third kappa shape index (κ3) is 5.04. The molecule has 1 aliphatic carbocycles. The van der Waals surface area contributed by atoms with Gasteiger partial charge >= 0.3 is 0 Å². The first-order valence-electron chi connectivity index (χ1n) is 11.4. The fraction of sp³-hybridized carbons (Fsp3) is 0.636. The first kappa shape index (κ1) is 21.7. The van der Waals surface area contributed by atoms with E-state index in [0.717, 1.165) is 51.9 Å². The Balaban J connectivity index is 1.63. The monoisotopic (exact) mass is 428 g/mol. The molecule has 168 valence electrons. The number of fused-ring (bicyclic) bond motifs is 1. The van der Waals surface area contributed by atoms with Crippen LogP contribution in [0.5, 0.6) is 0 Å². The number of aromatic nitrogens is 3. The average Bonchev–Trinajstić information content (AvgIpc) is 2.81. The lowest BCUT2D eigenvalue weighted by Gasteiger charge is -2.27. The predicted molar refractivity (Wildman–Crippen MR) is 119 cm³/mol. The van der Waals surface area contributed by atoms with E-state index in [1.807, 2.05) is 4.57 Å². The smallest absolute Gasteiger partial charge is 0.280 e. The number of piperidine rings is 1. The van der Waals surface area contributed by atoms with Gasteiger partial charge in [-0.1, -0.05) is 25.7 Å². The Bertz CT molecular complexity index is 964. The minimum absolute atomic E-state index is 0.0503. The van der Waals surface area contributed by atoms with E-state index < -0.39 is 5.91 Å². The molecule has 2 aromatic rings. The first-order valence-corrected chi connectivity index (χ1v) is 11.4. The highest BCUT2D eigenvalue weighted by molar-refractivity contribution is 5.96. The molecular weight excluding hydrogens is 396 g/mol. The van der Waals surface area contributed by atoms with E-state index in [9.17, 15) is 9.59 Å². The van der Waals surface area contributed by atoms with Crippen LogP contribution in [0.1, 0.15) is 67.8 Å². The molecule has 2 N–H and O–H groups in total. The second-order valence-corrected chi connectivity index (χ2v) is 8.47. The second-order valence-electron chi connectivity index (χ2n) is 8.47. The van der Waals surface area contributed by atoms with Crippen molar-refractivity contribution in [1.82, 2.24) is 24.9 Å². The van der Waals surface area contributed by atoms with Crippen LogP contribution in [0.25, 0.3) is 11.0 Å². The van der Waals surface area contributed by atoms with Crippen molar-refractivity contribution < 1.29 is 9.63 Å². The number of nitrogens with zero attached hydrogens (tertiary/aromatic N) is 4. The molecule has 0 spiro atoms. The number of rotatable bonds is 7. The molecule has 9 heteroatoms. The molecule has 1 saturated carbocycles. The molecule has 0 unspecified atom stereocenters. The minimum atomic E-state index is -0.553. The first-order chi connectivity index (χ1) is 15.2.